The second-order valence-corrected chi connectivity index (χ2v) is 5.62. The normalized spacial score (nSPS) is 12.1. The molecule has 0 amide bonds. The molecule has 1 N–H and O–H groups in total. The molecule has 0 saturated carbocycles. The van der Waals surface area contributed by atoms with E-state index in [0.29, 0.717) is 4.90 Å². The summed E-state index contributed by atoms with van der Waals surface area (Å²) in [6.07, 6.45) is 0. The fraction of sp³-hybridized carbons (Fsp3) is 0. The van der Waals surface area contributed by atoms with Crippen molar-refractivity contribution in [2.45, 2.75) is 9.79 Å². The van der Waals surface area contributed by atoms with Gasteiger partial charge in [-0.05, 0) is 42.5 Å². The minimum atomic E-state index is -1.61. The van der Waals surface area contributed by atoms with Crippen LogP contribution < -0.4 is 0 Å². The van der Waals surface area contributed by atoms with Crippen molar-refractivity contribution in [2.75, 3.05) is 0 Å². The van der Waals surface area contributed by atoms with E-state index < -0.39 is 22.6 Å². The summed E-state index contributed by atoms with van der Waals surface area (Å²) >= 11 is 5.79. The van der Waals surface area contributed by atoms with Crippen LogP contribution in [0.25, 0.3) is 0 Å². The number of carbonyl (C=O) groups is 1. The Morgan fingerprint density at radius 1 is 1.11 bits per heavy atom. The van der Waals surface area contributed by atoms with E-state index in [9.17, 15) is 13.4 Å². The third-order valence-electron chi connectivity index (χ3n) is 2.36. The highest BCUT2D eigenvalue weighted by atomic mass is 35.5. The maximum absolute atomic E-state index is 12.8. The van der Waals surface area contributed by atoms with Gasteiger partial charge >= 0.3 is 5.97 Å². The maximum atomic E-state index is 12.8. The van der Waals surface area contributed by atoms with Crippen LogP contribution in [0.5, 0.6) is 0 Å². The maximum Gasteiger partial charge on any atom is 0.335 e. The molecular formula is C13H8ClFO3S. The quantitative estimate of drug-likeness (QED) is 0.945. The second kappa shape index (κ2) is 5.50. The van der Waals surface area contributed by atoms with E-state index in [-0.39, 0.29) is 15.5 Å². The Kier molecular flexibility index (Phi) is 3.97. The van der Waals surface area contributed by atoms with Gasteiger partial charge in [-0.3, -0.25) is 0 Å². The molecule has 0 aliphatic carbocycles. The molecule has 3 nitrogen and oxygen atoms in total. The topological polar surface area (TPSA) is 54.4 Å². The van der Waals surface area contributed by atoms with E-state index in [4.69, 9.17) is 16.7 Å². The Hall–Kier alpha value is -1.72. The molecule has 0 bridgehead atoms. The first-order chi connectivity index (χ1) is 8.97. The lowest BCUT2D eigenvalue weighted by molar-refractivity contribution is 0.0696. The Balaban J connectivity index is 2.44. The summed E-state index contributed by atoms with van der Waals surface area (Å²) in [6, 6.07) is 9.13. The van der Waals surface area contributed by atoms with Gasteiger partial charge in [-0.25, -0.2) is 13.4 Å². The van der Waals surface area contributed by atoms with Crippen LogP contribution in [0.4, 0.5) is 4.39 Å². The number of carboxylic acid groups (broad SMARTS) is 1. The van der Waals surface area contributed by atoms with Crippen LogP contribution in [0.3, 0.4) is 0 Å². The molecule has 1 atom stereocenters. The van der Waals surface area contributed by atoms with E-state index in [1.165, 1.54) is 42.5 Å². The Morgan fingerprint density at radius 2 is 1.74 bits per heavy atom. The van der Waals surface area contributed by atoms with Gasteiger partial charge in [-0.1, -0.05) is 11.6 Å². The molecule has 6 heteroatoms. The second-order valence-electron chi connectivity index (χ2n) is 3.70. The van der Waals surface area contributed by atoms with Crippen LogP contribution in [-0.4, -0.2) is 15.3 Å². The Morgan fingerprint density at radius 3 is 2.32 bits per heavy atom. The minimum Gasteiger partial charge on any atom is -0.478 e. The third-order valence-corrected chi connectivity index (χ3v) is 3.94. The van der Waals surface area contributed by atoms with Crippen molar-refractivity contribution in [3.05, 3.63) is 58.9 Å². The van der Waals surface area contributed by atoms with Crippen LogP contribution in [0.1, 0.15) is 10.4 Å². The van der Waals surface area contributed by atoms with Gasteiger partial charge in [-0.2, -0.15) is 0 Å². The summed E-state index contributed by atoms with van der Waals surface area (Å²) < 4.78 is 25.0. The average Bonchev–Trinajstić information content (AvgIpc) is 2.38. The molecule has 2 aromatic rings. The zero-order valence-corrected chi connectivity index (χ0v) is 11.0. The molecule has 2 aromatic carbocycles. The van der Waals surface area contributed by atoms with Crippen LogP contribution >= 0.6 is 11.6 Å². The monoisotopic (exact) mass is 298 g/mol. The van der Waals surface area contributed by atoms with Crippen LogP contribution in [-0.2, 0) is 10.8 Å². The molecule has 0 radical (unpaired) electrons. The van der Waals surface area contributed by atoms with Crippen molar-refractivity contribution in [3.8, 4) is 0 Å². The van der Waals surface area contributed by atoms with E-state index in [1.54, 1.807) is 0 Å². The SMILES string of the molecule is O=C(O)c1cc(Cl)cc(S(=O)c2ccc(F)cc2)c1. The van der Waals surface area contributed by atoms with Gasteiger partial charge in [0.05, 0.1) is 16.4 Å². The molecule has 0 aliphatic rings. The number of benzene rings is 2. The highest BCUT2D eigenvalue weighted by Crippen LogP contribution is 2.22. The summed E-state index contributed by atoms with van der Waals surface area (Å²) in [5, 5.41) is 9.10. The van der Waals surface area contributed by atoms with Gasteiger partial charge in [0.2, 0.25) is 0 Å². The Labute approximate surface area is 116 Å². The Bertz CT molecular complexity index is 655. The fourth-order valence-corrected chi connectivity index (χ4v) is 2.91. The molecular weight excluding hydrogens is 291 g/mol. The standard InChI is InChI=1S/C13H8ClFO3S/c14-9-5-8(13(16)17)6-12(7-9)19(18)11-3-1-10(15)2-4-11/h1-7H,(H,16,17). The van der Waals surface area contributed by atoms with E-state index in [1.807, 2.05) is 0 Å². The van der Waals surface area contributed by atoms with Gasteiger partial charge in [0.25, 0.3) is 0 Å². The van der Waals surface area contributed by atoms with Gasteiger partial charge in [0.15, 0.2) is 0 Å². The van der Waals surface area contributed by atoms with Crippen molar-refractivity contribution in [1.29, 1.82) is 0 Å². The fourth-order valence-electron chi connectivity index (χ4n) is 1.49. The van der Waals surface area contributed by atoms with E-state index in [0.717, 1.165) is 0 Å². The first-order valence-corrected chi connectivity index (χ1v) is 6.71. The van der Waals surface area contributed by atoms with E-state index in [2.05, 4.69) is 0 Å². The lowest BCUT2D eigenvalue weighted by Gasteiger charge is -2.05. The number of hydrogen-bond acceptors (Lipinski definition) is 2. The predicted octanol–water partition coefficient (Wildman–Crippen LogP) is 3.34. The van der Waals surface area contributed by atoms with Gasteiger partial charge in [-0.15, -0.1) is 0 Å². The molecule has 0 spiro atoms. The first kappa shape index (κ1) is 13.7. The summed E-state index contributed by atoms with van der Waals surface area (Å²) in [7, 11) is -1.61. The number of halogens is 2. The van der Waals surface area contributed by atoms with Gasteiger partial charge in [0, 0.05) is 14.8 Å². The van der Waals surface area contributed by atoms with E-state index >= 15 is 0 Å². The summed E-state index contributed by atoms with van der Waals surface area (Å²) in [6.45, 7) is 0. The molecule has 0 saturated heterocycles. The number of hydrogen-bond donors (Lipinski definition) is 1. The van der Waals surface area contributed by atoms with Crippen molar-refractivity contribution < 1.29 is 18.5 Å². The van der Waals surface area contributed by atoms with Crippen molar-refractivity contribution in [2.24, 2.45) is 0 Å². The zero-order chi connectivity index (χ0) is 14.0. The predicted molar refractivity (Wildman–Crippen MR) is 69.5 cm³/mol. The van der Waals surface area contributed by atoms with Gasteiger partial charge in [0.1, 0.15) is 5.82 Å². The number of carboxylic acids is 1. The molecule has 98 valence electrons. The van der Waals surface area contributed by atoms with Crippen molar-refractivity contribution >= 4 is 28.4 Å². The summed E-state index contributed by atoms with van der Waals surface area (Å²) in [4.78, 5) is 11.5. The first-order valence-electron chi connectivity index (χ1n) is 5.18. The lowest BCUT2D eigenvalue weighted by atomic mass is 10.2. The molecule has 1 unspecified atom stereocenters. The van der Waals surface area contributed by atoms with Crippen LogP contribution in [0.15, 0.2) is 52.3 Å². The largest absolute Gasteiger partial charge is 0.478 e. The minimum absolute atomic E-state index is 0.0436. The zero-order valence-electron chi connectivity index (χ0n) is 9.47. The molecule has 0 aromatic heterocycles. The average molecular weight is 299 g/mol. The molecule has 0 fully saturated rings. The molecule has 0 aliphatic heterocycles. The van der Waals surface area contributed by atoms with Crippen molar-refractivity contribution in [1.82, 2.24) is 0 Å². The molecule has 19 heavy (non-hydrogen) atoms. The third kappa shape index (κ3) is 3.19. The number of rotatable bonds is 3. The highest BCUT2D eigenvalue weighted by molar-refractivity contribution is 7.85. The summed E-state index contributed by atoms with van der Waals surface area (Å²) in [5.74, 6) is -1.59. The van der Waals surface area contributed by atoms with Crippen LogP contribution in [0.2, 0.25) is 5.02 Å². The van der Waals surface area contributed by atoms with Gasteiger partial charge < -0.3 is 5.11 Å². The van der Waals surface area contributed by atoms with Crippen molar-refractivity contribution in [3.63, 3.8) is 0 Å². The highest BCUT2D eigenvalue weighted by Gasteiger charge is 2.12. The molecule has 0 heterocycles. The molecule has 2 rings (SSSR count). The number of aromatic carboxylic acids is 1. The van der Waals surface area contributed by atoms with Crippen LogP contribution in [0, 0.1) is 5.82 Å². The lowest BCUT2D eigenvalue weighted by Crippen LogP contribution is -2.00. The summed E-state index contributed by atoms with van der Waals surface area (Å²) in [5.41, 5.74) is -0.0436. The smallest absolute Gasteiger partial charge is 0.335 e.